The minimum Gasteiger partial charge on any atom is -0.481 e. The van der Waals surface area contributed by atoms with Gasteiger partial charge in [-0.05, 0) is 36.6 Å². The van der Waals surface area contributed by atoms with Crippen LogP contribution < -0.4 is 5.73 Å². The molecular formula is C12H22NO4PS2. The molecule has 0 heterocycles. The third kappa shape index (κ3) is 12.7. The Labute approximate surface area is 127 Å². The fourth-order valence-electron chi connectivity index (χ4n) is 1.26. The molecule has 0 saturated carbocycles. The fourth-order valence-corrected chi connectivity index (χ4v) is 5.49. The van der Waals surface area contributed by atoms with E-state index in [1.165, 1.54) is 21.6 Å². The number of carboxylic acids is 1. The minimum atomic E-state index is -3.13. The van der Waals surface area contributed by atoms with Crippen LogP contribution in [-0.4, -0.2) is 34.0 Å². The summed E-state index contributed by atoms with van der Waals surface area (Å²) < 4.78 is 11.8. The molecule has 0 aliphatic heterocycles. The molecule has 4 N–H and O–H groups in total. The summed E-state index contributed by atoms with van der Waals surface area (Å²) in [6, 6.07) is 0. The zero-order chi connectivity index (χ0) is 15.4. The zero-order valence-corrected chi connectivity index (χ0v) is 14.1. The van der Waals surface area contributed by atoms with Gasteiger partial charge in [-0.25, -0.2) is 0 Å². The smallest absolute Gasteiger partial charge is 0.303 e. The monoisotopic (exact) mass is 339 g/mol. The first-order chi connectivity index (χ1) is 9.37. The standard InChI is InChI=1S/C12H22NO4PS2/c1-2-3-6-11(13)20-19-10-9-18(16,17)8-5-4-7-12(14)15/h2-3,6H,4-5,7-10,13H2,1H3,(H,14,15)(H,16,17)/b3-2-,11-6+. The molecule has 0 saturated heterocycles. The van der Waals surface area contributed by atoms with Gasteiger partial charge in [0.05, 0.1) is 5.03 Å². The number of hydrogen-bond donors (Lipinski definition) is 3. The van der Waals surface area contributed by atoms with Crippen LogP contribution in [-0.2, 0) is 9.36 Å². The SMILES string of the molecule is C/C=C\C=C(/N)SSCCP(=O)(O)CCCCC(=O)O. The minimum absolute atomic E-state index is 0.0525. The van der Waals surface area contributed by atoms with Crippen molar-refractivity contribution >= 4 is 34.9 Å². The quantitative estimate of drug-likeness (QED) is 0.230. The molecule has 1 atom stereocenters. The number of aliphatic carboxylic acids is 1. The van der Waals surface area contributed by atoms with Crippen LogP contribution in [0.5, 0.6) is 0 Å². The van der Waals surface area contributed by atoms with E-state index >= 15 is 0 Å². The number of nitrogens with two attached hydrogens (primary N) is 1. The summed E-state index contributed by atoms with van der Waals surface area (Å²) in [6.07, 6.45) is 6.88. The lowest BCUT2D eigenvalue weighted by Gasteiger charge is -2.10. The van der Waals surface area contributed by atoms with Crippen LogP contribution in [0.4, 0.5) is 0 Å². The maximum atomic E-state index is 11.8. The third-order valence-electron chi connectivity index (χ3n) is 2.28. The molecule has 0 spiro atoms. The van der Waals surface area contributed by atoms with E-state index < -0.39 is 13.3 Å². The van der Waals surface area contributed by atoms with Crippen LogP contribution >= 0.6 is 29.0 Å². The van der Waals surface area contributed by atoms with Gasteiger partial charge in [0.25, 0.3) is 0 Å². The number of carboxylic acid groups (broad SMARTS) is 1. The predicted octanol–water partition coefficient (Wildman–Crippen LogP) is 3.27. The second-order valence-corrected chi connectivity index (χ2v) is 9.22. The normalized spacial score (nSPS) is 15.4. The van der Waals surface area contributed by atoms with Gasteiger partial charge in [-0.2, -0.15) is 0 Å². The Hall–Kier alpha value is -0.360. The number of unbranched alkanes of at least 4 members (excludes halogenated alkanes) is 1. The van der Waals surface area contributed by atoms with Crippen molar-refractivity contribution in [2.45, 2.75) is 26.2 Å². The summed E-state index contributed by atoms with van der Waals surface area (Å²) in [4.78, 5) is 20.0. The van der Waals surface area contributed by atoms with E-state index in [0.717, 1.165) is 0 Å². The maximum Gasteiger partial charge on any atom is 0.303 e. The molecule has 0 aliphatic rings. The van der Waals surface area contributed by atoms with Gasteiger partial charge in [-0.1, -0.05) is 22.9 Å². The molecule has 1 unspecified atom stereocenters. The number of allylic oxidation sites excluding steroid dienone is 3. The topological polar surface area (TPSA) is 101 Å². The molecule has 0 fully saturated rings. The molecule has 0 aliphatic carbocycles. The van der Waals surface area contributed by atoms with E-state index in [9.17, 15) is 14.3 Å². The molecule has 0 bridgehead atoms. The van der Waals surface area contributed by atoms with Crippen molar-refractivity contribution in [3.05, 3.63) is 23.3 Å². The van der Waals surface area contributed by atoms with Gasteiger partial charge in [0.15, 0.2) is 0 Å². The lowest BCUT2D eigenvalue weighted by Crippen LogP contribution is -1.99. The van der Waals surface area contributed by atoms with Gasteiger partial charge in [-0.3, -0.25) is 9.36 Å². The van der Waals surface area contributed by atoms with E-state index in [0.29, 0.717) is 23.6 Å². The van der Waals surface area contributed by atoms with E-state index in [4.69, 9.17) is 10.8 Å². The number of rotatable bonds is 11. The highest BCUT2D eigenvalue weighted by atomic mass is 33.1. The lowest BCUT2D eigenvalue weighted by molar-refractivity contribution is -0.137. The van der Waals surface area contributed by atoms with Gasteiger partial charge >= 0.3 is 5.97 Å². The average molecular weight is 339 g/mol. The Morgan fingerprint density at radius 3 is 2.65 bits per heavy atom. The van der Waals surface area contributed by atoms with Gasteiger partial charge < -0.3 is 15.7 Å². The zero-order valence-electron chi connectivity index (χ0n) is 11.5. The molecule has 116 valence electrons. The van der Waals surface area contributed by atoms with Crippen molar-refractivity contribution in [2.75, 3.05) is 18.1 Å². The van der Waals surface area contributed by atoms with Crippen molar-refractivity contribution in [2.24, 2.45) is 5.73 Å². The van der Waals surface area contributed by atoms with Crippen LogP contribution in [0.1, 0.15) is 26.2 Å². The first-order valence-corrected chi connectivity index (χ1v) is 10.6. The van der Waals surface area contributed by atoms with Crippen LogP contribution in [0.15, 0.2) is 23.3 Å². The maximum absolute atomic E-state index is 11.8. The summed E-state index contributed by atoms with van der Waals surface area (Å²) in [6.45, 7) is 1.90. The van der Waals surface area contributed by atoms with Crippen molar-refractivity contribution in [3.63, 3.8) is 0 Å². The average Bonchev–Trinajstić information content (AvgIpc) is 2.37. The molecular weight excluding hydrogens is 317 g/mol. The highest BCUT2D eigenvalue weighted by Gasteiger charge is 2.17. The van der Waals surface area contributed by atoms with Crippen LogP contribution in [0.3, 0.4) is 0 Å². The Bertz CT molecular complexity index is 399. The van der Waals surface area contributed by atoms with E-state index in [2.05, 4.69) is 0 Å². The predicted molar refractivity (Wildman–Crippen MR) is 88.2 cm³/mol. The highest BCUT2D eigenvalue weighted by Crippen LogP contribution is 2.43. The Morgan fingerprint density at radius 2 is 2.05 bits per heavy atom. The second-order valence-electron chi connectivity index (χ2n) is 4.14. The van der Waals surface area contributed by atoms with E-state index in [-0.39, 0.29) is 18.7 Å². The third-order valence-corrected chi connectivity index (χ3v) is 6.77. The van der Waals surface area contributed by atoms with Crippen molar-refractivity contribution in [1.29, 1.82) is 0 Å². The fraction of sp³-hybridized carbons (Fsp3) is 0.583. The second kappa shape index (κ2) is 11.3. The Balaban J connectivity index is 3.76. The summed E-state index contributed by atoms with van der Waals surface area (Å²) in [7, 11) is -0.305. The van der Waals surface area contributed by atoms with Gasteiger partial charge in [0.2, 0.25) is 7.37 Å². The molecule has 20 heavy (non-hydrogen) atoms. The van der Waals surface area contributed by atoms with Crippen LogP contribution in [0.25, 0.3) is 0 Å². The molecule has 0 aromatic rings. The molecule has 0 rings (SSSR count). The number of carbonyl (C=O) groups is 1. The molecule has 8 heteroatoms. The van der Waals surface area contributed by atoms with Gasteiger partial charge in [0, 0.05) is 24.5 Å². The molecule has 0 aromatic carbocycles. The highest BCUT2D eigenvalue weighted by molar-refractivity contribution is 8.78. The first-order valence-electron chi connectivity index (χ1n) is 6.28. The van der Waals surface area contributed by atoms with Gasteiger partial charge in [0.1, 0.15) is 0 Å². The summed E-state index contributed by atoms with van der Waals surface area (Å²) in [5, 5.41) is 9.13. The summed E-state index contributed by atoms with van der Waals surface area (Å²) in [5.74, 6) is -0.324. The van der Waals surface area contributed by atoms with Gasteiger partial charge in [-0.15, -0.1) is 0 Å². The van der Waals surface area contributed by atoms with E-state index in [1.54, 1.807) is 6.08 Å². The Kier molecular flexibility index (Phi) is 11.1. The largest absolute Gasteiger partial charge is 0.481 e. The summed E-state index contributed by atoms with van der Waals surface area (Å²) >= 11 is 0. The molecule has 0 radical (unpaired) electrons. The first kappa shape index (κ1) is 19.6. The Morgan fingerprint density at radius 1 is 1.35 bits per heavy atom. The van der Waals surface area contributed by atoms with Crippen LogP contribution in [0.2, 0.25) is 0 Å². The van der Waals surface area contributed by atoms with Crippen molar-refractivity contribution < 1.29 is 19.4 Å². The number of hydrogen-bond acceptors (Lipinski definition) is 5. The summed E-state index contributed by atoms with van der Waals surface area (Å²) in [5.41, 5.74) is 5.70. The lowest BCUT2D eigenvalue weighted by atomic mass is 10.2. The van der Waals surface area contributed by atoms with E-state index in [1.807, 2.05) is 19.1 Å². The van der Waals surface area contributed by atoms with Crippen LogP contribution in [0, 0.1) is 0 Å². The van der Waals surface area contributed by atoms with Crippen molar-refractivity contribution in [1.82, 2.24) is 0 Å². The molecule has 0 amide bonds. The van der Waals surface area contributed by atoms with Crippen molar-refractivity contribution in [3.8, 4) is 0 Å². The molecule has 5 nitrogen and oxygen atoms in total. The molecule has 0 aromatic heterocycles.